The van der Waals surface area contributed by atoms with E-state index in [0.717, 1.165) is 36.5 Å². The maximum Gasteiger partial charge on any atom is 0.278 e. The van der Waals surface area contributed by atoms with Gasteiger partial charge in [0.2, 0.25) is 0 Å². The van der Waals surface area contributed by atoms with Gasteiger partial charge in [-0.3, -0.25) is 14.3 Å². The molecule has 1 saturated heterocycles. The summed E-state index contributed by atoms with van der Waals surface area (Å²) in [6.45, 7) is 2.20. The van der Waals surface area contributed by atoms with Crippen molar-refractivity contribution < 1.29 is 0 Å². The number of fused-ring (bicyclic) bond motifs is 1. The van der Waals surface area contributed by atoms with Gasteiger partial charge in [0.15, 0.2) is 0 Å². The van der Waals surface area contributed by atoms with Crippen molar-refractivity contribution in [2.75, 3.05) is 18.0 Å². The quantitative estimate of drug-likeness (QED) is 0.512. The van der Waals surface area contributed by atoms with Gasteiger partial charge >= 0.3 is 0 Å². The first kappa shape index (κ1) is 20.9. The van der Waals surface area contributed by atoms with Crippen molar-refractivity contribution in [2.24, 2.45) is 5.73 Å². The lowest BCUT2D eigenvalue weighted by atomic mass is 10.1. The molecule has 1 atom stereocenters. The number of benzene rings is 1. The Morgan fingerprint density at radius 1 is 1.09 bits per heavy atom. The van der Waals surface area contributed by atoms with Crippen molar-refractivity contribution in [3.8, 4) is 6.07 Å². The number of nitrogens with two attached hydrogens (primary N) is 1. The minimum atomic E-state index is -0.189. The predicted octanol–water partition coefficient (Wildman–Crippen LogP) is 2.49. The molecule has 3 aromatic heterocycles. The molecule has 8 nitrogen and oxygen atoms in total. The molecule has 0 saturated carbocycles. The molecule has 8 heteroatoms. The molecule has 0 aliphatic carbocycles. The minimum absolute atomic E-state index is 0.0299. The van der Waals surface area contributed by atoms with Crippen molar-refractivity contribution in [1.29, 1.82) is 5.26 Å². The van der Waals surface area contributed by atoms with Crippen LogP contribution in [0.3, 0.4) is 0 Å². The van der Waals surface area contributed by atoms with Crippen LogP contribution in [0.1, 0.15) is 29.7 Å². The molecule has 1 fully saturated rings. The van der Waals surface area contributed by atoms with E-state index in [1.54, 1.807) is 10.8 Å². The molecule has 1 aromatic carbocycles. The molecule has 0 amide bonds. The normalized spacial score (nSPS) is 16.1. The Bertz CT molecular complexity index is 1370. The lowest BCUT2D eigenvalue weighted by Gasteiger charge is -2.33. The number of hydrogen-bond acceptors (Lipinski definition) is 6. The Morgan fingerprint density at radius 2 is 1.91 bits per heavy atom. The molecule has 166 valence electrons. The van der Waals surface area contributed by atoms with Crippen LogP contribution in [0.5, 0.6) is 0 Å². The first-order valence-electron chi connectivity index (χ1n) is 11.1. The molecular formula is C25H25N7O. The van der Waals surface area contributed by atoms with Crippen molar-refractivity contribution in [2.45, 2.75) is 32.0 Å². The first-order valence-corrected chi connectivity index (χ1v) is 11.1. The summed E-state index contributed by atoms with van der Waals surface area (Å²) in [5.41, 5.74) is 9.19. The molecule has 0 radical (unpaired) electrons. The van der Waals surface area contributed by atoms with Gasteiger partial charge in [0.25, 0.3) is 5.56 Å². The molecule has 1 aliphatic rings. The van der Waals surface area contributed by atoms with E-state index in [9.17, 15) is 10.1 Å². The van der Waals surface area contributed by atoms with E-state index in [0.29, 0.717) is 36.2 Å². The molecule has 4 heterocycles. The third kappa shape index (κ3) is 3.99. The van der Waals surface area contributed by atoms with Crippen LogP contribution in [-0.2, 0) is 13.1 Å². The second kappa shape index (κ2) is 8.88. The lowest BCUT2D eigenvalue weighted by Crippen LogP contribution is -2.44. The van der Waals surface area contributed by atoms with Crippen LogP contribution in [0.15, 0.2) is 65.8 Å². The number of nitrogens with zero attached hydrogens (tertiary/aromatic N) is 6. The van der Waals surface area contributed by atoms with Gasteiger partial charge in [-0.1, -0.05) is 36.4 Å². The topological polar surface area (TPSA) is 106 Å². The van der Waals surface area contributed by atoms with Gasteiger partial charge in [-0.25, -0.2) is 4.98 Å². The molecule has 4 aromatic rings. The number of rotatable bonds is 5. The summed E-state index contributed by atoms with van der Waals surface area (Å²) in [7, 11) is 0. The van der Waals surface area contributed by atoms with Crippen LogP contribution in [-0.4, -0.2) is 38.2 Å². The standard InChI is InChI=1S/C25H25N7O/c26-13-21-22-23(25(33)31(17-29-22)16-20-10-4-5-11-28-20)32(14-18-7-2-1-3-8-18)24(21)30-12-6-9-19(27)15-30/h1-5,7-8,10-11,17,19H,6,9,12,14-16,27H2. The van der Waals surface area contributed by atoms with Gasteiger partial charge in [0.1, 0.15) is 28.5 Å². The van der Waals surface area contributed by atoms with Crippen LogP contribution in [0.4, 0.5) is 5.82 Å². The Morgan fingerprint density at radius 3 is 2.64 bits per heavy atom. The van der Waals surface area contributed by atoms with E-state index in [-0.39, 0.29) is 11.6 Å². The van der Waals surface area contributed by atoms with Crippen LogP contribution in [0, 0.1) is 11.3 Å². The Balaban J connectivity index is 1.72. The van der Waals surface area contributed by atoms with Gasteiger partial charge in [-0.15, -0.1) is 0 Å². The third-order valence-corrected chi connectivity index (χ3v) is 6.11. The fraction of sp³-hybridized carbons (Fsp3) is 0.280. The highest BCUT2D eigenvalue weighted by molar-refractivity contribution is 5.89. The van der Waals surface area contributed by atoms with E-state index in [4.69, 9.17) is 5.73 Å². The predicted molar refractivity (Wildman–Crippen MR) is 127 cm³/mol. The zero-order valence-corrected chi connectivity index (χ0v) is 18.3. The van der Waals surface area contributed by atoms with Gasteiger partial charge in [0, 0.05) is 31.9 Å². The SMILES string of the molecule is N#Cc1c(N2CCCC(N)C2)n(Cc2ccccc2)c2c(=O)n(Cc3ccccn3)cnc12. The fourth-order valence-electron chi connectivity index (χ4n) is 4.58. The Kier molecular flexibility index (Phi) is 5.63. The van der Waals surface area contributed by atoms with Crippen LogP contribution in [0.25, 0.3) is 11.0 Å². The summed E-state index contributed by atoms with van der Waals surface area (Å²) in [5.74, 6) is 0.728. The second-order valence-corrected chi connectivity index (χ2v) is 8.43. The largest absolute Gasteiger partial charge is 0.355 e. The monoisotopic (exact) mass is 439 g/mol. The van der Waals surface area contributed by atoms with Crippen molar-refractivity contribution in [3.05, 3.63) is 88.2 Å². The van der Waals surface area contributed by atoms with E-state index >= 15 is 0 Å². The highest BCUT2D eigenvalue weighted by Gasteiger charge is 2.28. The summed E-state index contributed by atoms with van der Waals surface area (Å²) in [4.78, 5) is 24.7. The summed E-state index contributed by atoms with van der Waals surface area (Å²) in [6, 6.07) is 17.9. The summed E-state index contributed by atoms with van der Waals surface area (Å²) >= 11 is 0. The lowest BCUT2D eigenvalue weighted by molar-refractivity contribution is 0.498. The smallest absolute Gasteiger partial charge is 0.278 e. The van der Waals surface area contributed by atoms with Crippen LogP contribution in [0.2, 0.25) is 0 Å². The molecule has 0 spiro atoms. The molecule has 0 bridgehead atoms. The summed E-state index contributed by atoms with van der Waals surface area (Å²) in [5, 5.41) is 10.1. The first-order chi connectivity index (χ1) is 16.2. The van der Waals surface area contributed by atoms with Crippen molar-refractivity contribution >= 4 is 16.9 Å². The number of piperidine rings is 1. The Hall–Kier alpha value is -3.96. The molecule has 1 unspecified atom stereocenters. The zero-order chi connectivity index (χ0) is 22.8. The third-order valence-electron chi connectivity index (χ3n) is 6.11. The average Bonchev–Trinajstić information content (AvgIpc) is 3.16. The van der Waals surface area contributed by atoms with Gasteiger partial charge in [-0.05, 0) is 30.5 Å². The van der Waals surface area contributed by atoms with Crippen LogP contribution < -0.4 is 16.2 Å². The maximum atomic E-state index is 13.7. The molecule has 1 aliphatic heterocycles. The van der Waals surface area contributed by atoms with E-state index < -0.39 is 0 Å². The Labute approximate surface area is 191 Å². The number of nitriles is 1. The molecule has 5 rings (SSSR count). The number of anilines is 1. The van der Waals surface area contributed by atoms with Gasteiger partial charge in [0.05, 0.1) is 18.6 Å². The van der Waals surface area contributed by atoms with E-state index in [1.165, 1.54) is 6.33 Å². The van der Waals surface area contributed by atoms with E-state index in [1.807, 2.05) is 53.1 Å². The van der Waals surface area contributed by atoms with Crippen LogP contribution >= 0.6 is 0 Å². The number of hydrogen-bond donors (Lipinski definition) is 1. The average molecular weight is 440 g/mol. The van der Waals surface area contributed by atoms with Gasteiger partial charge < -0.3 is 15.2 Å². The van der Waals surface area contributed by atoms with Gasteiger partial charge in [-0.2, -0.15) is 5.26 Å². The molecule has 2 N–H and O–H groups in total. The maximum absolute atomic E-state index is 13.7. The molecule has 33 heavy (non-hydrogen) atoms. The zero-order valence-electron chi connectivity index (χ0n) is 18.3. The number of aromatic nitrogens is 4. The van der Waals surface area contributed by atoms with Crippen molar-refractivity contribution in [1.82, 2.24) is 19.1 Å². The summed E-state index contributed by atoms with van der Waals surface area (Å²) < 4.78 is 3.50. The summed E-state index contributed by atoms with van der Waals surface area (Å²) in [6.07, 6.45) is 5.11. The fourth-order valence-corrected chi connectivity index (χ4v) is 4.58. The van der Waals surface area contributed by atoms with E-state index in [2.05, 4.69) is 20.9 Å². The van der Waals surface area contributed by atoms with Crippen molar-refractivity contribution in [3.63, 3.8) is 0 Å². The number of pyridine rings is 1. The highest BCUT2D eigenvalue weighted by Crippen LogP contribution is 2.32. The second-order valence-electron chi connectivity index (χ2n) is 8.43. The molecular weight excluding hydrogens is 414 g/mol. The minimum Gasteiger partial charge on any atom is -0.355 e. The highest BCUT2D eigenvalue weighted by atomic mass is 16.1.